The van der Waals surface area contributed by atoms with Crippen molar-refractivity contribution in [2.45, 2.75) is 96.8 Å². The van der Waals surface area contributed by atoms with Crippen LogP contribution in [0.4, 0.5) is 4.39 Å². The van der Waals surface area contributed by atoms with E-state index in [1.54, 1.807) is 26.0 Å². The van der Waals surface area contributed by atoms with E-state index in [0.29, 0.717) is 11.9 Å². The van der Waals surface area contributed by atoms with Gasteiger partial charge >= 0.3 is 0 Å². The second kappa shape index (κ2) is 14.5. The monoisotopic (exact) mass is 379 g/mol. The Balaban J connectivity index is 0.000000227. The molecule has 0 aliphatic heterocycles. The normalized spacial score (nSPS) is 17.4. The third kappa shape index (κ3) is 12.5. The van der Waals surface area contributed by atoms with Gasteiger partial charge in [-0.1, -0.05) is 38.3 Å². The molecule has 154 valence electrons. The Hall–Kier alpha value is -1.55. The molecule has 1 aromatic carbocycles. The fraction of sp³-hybridized carbons (Fsp3) is 0.652. The molecule has 3 nitrogen and oxygen atoms in total. The number of halogens is 1. The number of nitrogens with one attached hydrogen (secondary N) is 1. The van der Waals surface area contributed by atoms with Crippen LogP contribution in [0.25, 0.3) is 0 Å². The van der Waals surface area contributed by atoms with E-state index in [1.165, 1.54) is 50.7 Å². The lowest BCUT2D eigenvalue weighted by atomic mass is 9.96. The molecule has 2 fully saturated rings. The Bertz CT molecular complexity index is 506. The summed E-state index contributed by atoms with van der Waals surface area (Å²) >= 11 is 0. The second-order valence-corrected chi connectivity index (χ2v) is 7.53. The van der Waals surface area contributed by atoms with Gasteiger partial charge in [-0.05, 0) is 70.7 Å². The van der Waals surface area contributed by atoms with Crippen LogP contribution >= 0.6 is 0 Å². The molecule has 2 saturated carbocycles. The zero-order chi connectivity index (χ0) is 19.9. The van der Waals surface area contributed by atoms with E-state index >= 15 is 0 Å². The summed E-state index contributed by atoms with van der Waals surface area (Å²) in [7, 11) is 0. The summed E-state index contributed by atoms with van der Waals surface area (Å²) in [4.78, 5) is 0. The van der Waals surface area contributed by atoms with Crippen molar-refractivity contribution in [1.29, 1.82) is 0 Å². The number of allylic oxidation sites excluding steroid dienone is 1. The van der Waals surface area contributed by atoms with Gasteiger partial charge in [0.15, 0.2) is 0 Å². The summed E-state index contributed by atoms with van der Waals surface area (Å²) in [6.45, 7) is 5.61. The summed E-state index contributed by atoms with van der Waals surface area (Å²) in [5.41, 5.74) is 0. The number of rotatable bonds is 5. The van der Waals surface area contributed by atoms with Gasteiger partial charge in [-0.25, -0.2) is 4.39 Å². The lowest BCUT2D eigenvalue weighted by molar-refractivity contribution is 0.120. The van der Waals surface area contributed by atoms with E-state index < -0.39 is 0 Å². The standard InChI is InChI=1S/C10H11FO.C10H19N.C3H8O/c11-8-3-1-6-10(7-8)12-9-4-2-5-9;1-2-3-9-11-10-7-5-4-6-8-10;1-3(2)4/h1,3,6-7,9H,2,4-5H2;3,9-11H,2,4-8H2,1H3;3-4H,1-2H3/b;9-3+;. The molecule has 0 amide bonds. The molecule has 0 aromatic heterocycles. The molecule has 27 heavy (non-hydrogen) atoms. The highest BCUT2D eigenvalue weighted by atomic mass is 19.1. The van der Waals surface area contributed by atoms with Crippen LogP contribution in [0, 0.1) is 5.82 Å². The van der Waals surface area contributed by atoms with Gasteiger partial charge in [0.25, 0.3) is 0 Å². The van der Waals surface area contributed by atoms with E-state index in [-0.39, 0.29) is 11.9 Å². The zero-order valence-corrected chi connectivity index (χ0v) is 17.3. The summed E-state index contributed by atoms with van der Waals surface area (Å²) < 4.78 is 18.2. The maximum Gasteiger partial charge on any atom is 0.126 e. The molecule has 0 bridgehead atoms. The van der Waals surface area contributed by atoms with Crippen molar-refractivity contribution in [2.75, 3.05) is 0 Å². The highest BCUT2D eigenvalue weighted by Crippen LogP contribution is 2.25. The van der Waals surface area contributed by atoms with Gasteiger partial charge in [-0.15, -0.1) is 0 Å². The van der Waals surface area contributed by atoms with Gasteiger partial charge in [0.05, 0.1) is 6.10 Å². The molecule has 2 N–H and O–H groups in total. The van der Waals surface area contributed by atoms with Crippen LogP contribution in [0.15, 0.2) is 36.5 Å². The summed E-state index contributed by atoms with van der Waals surface area (Å²) in [5.74, 6) is 0.423. The number of hydrogen-bond acceptors (Lipinski definition) is 3. The van der Waals surface area contributed by atoms with Gasteiger partial charge in [0.1, 0.15) is 11.6 Å². The van der Waals surface area contributed by atoms with Gasteiger partial charge in [0.2, 0.25) is 0 Å². The molecule has 0 atom stereocenters. The minimum absolute atomic E-state index is 0.167. The summed E-state index contributed by atoms with van der Waals surface area (Å²) in [6, 6.07) is 7.09. The van der Waals surface area contributed by atoms with Crippen molar-refractivity contribution in [1.82, 2.24) is 5.32 Å². The first-order chi connectivity index (χ1) is 13.0. The molecule has 1 aromatic rings. The highest BCUT2D eigenvalue weighted by molar-refractivity contribution is 5.22. The first-order valence-corrected chi connectivity index (χ1v) is 10.5. The lowest BCUT2D eigenvalue weighted by Crippen LogP contribution is -2.26. The Morgan fingerprint density at radius 3 is 2.33 bits per heavy atom. The molecule has 3 rings (SSSR count). The Morgan fingerprint density at radius 2 is 1.81 bits per heavy atom. The Labute approximate surface area is 165 Å². The van der Waals surface area contributed by atoms with Crippen molar-refractivity contribution in [3.05, 3.63) is 42.4 Å². The SMILES string of the molecule is CC(C)O.CC/C=C/NC1CCCCC1.Fc1cccc(OC2CCC2)c1. The van der Waals surface area contributed by atoms with E-state index in [2.05, 4.69) is 24.5 Å². The summed E-state index contributed by atoms with van der Waals surface area (Å²) in [5, 5.41) is 11.5. The number of hydrogen-bond donors (Lipinski definition) is 2. The molecular formula is C23H38FNO2. The van der Waals surface area contributed by atoms with Crippen molar-refractivity contribution in [3.8, 4) is 5.75 Å². The number of aliphatic hydroxyl groups is 1. The van der Waals surface area contributed by atoms with E-state index in [0.717, 1.165) is 25.3 Å². The molecule has 2 aliphatic carbocycles. The van der Waals surface area contributed by atoms with Crippen LogP contribution in [0.3, 0.4) is 0 Å². The maximum absolute atomic E-state index is 12.7. The Kier molecular flexibility index (Phi) is 12.6. The van der Waals surface area contributed by atoms with Gasteiger partial charge < -0.3 is 15.2 Å². The average Bonchev–Trinajstić information content (AvgIpc) is 2.60. The van der Waals surface area contributed by atoms with Gasteiger partial charge in [0, 0.05) is 18.2 Å². The van der Waals surface area contributed by atoms with Crippen LogP contribution in [0.1, 0.15) is 78.6 Å². The molecule has 2 aliphatic rings. The summed E-state index contributed by atoms with van der Waals surface area (Å²) in [6.07, 6.45) is 16.1. The van der Waals surface area contributed by atoms with Gasteiger partial charge in [-0.3, -0.25) is 0 Å². The molecule has 0 unspecified atom stereocenters. The fourth-order valence-corrected chi connectivity index (χ4v) is 2.81. The maximum atomic E-state index is 12.7. The fourth-order valence-electron chi connectivity index (χ4n) is 2.81. The van der Waals surface area contributed by atoms with Crippen LogP contribution in [0.5, 0.6) is 5.75 Å². The van der Waals surface area contributed by atoms with Crippen LogP contribution < -0.4 is 10.1 Å². The van der Waals surface area contributed by atoms with E-state index in [1.807, 2.05) is 0 Å². The molecule has 4 heteroatoms. The lowest BCUT2D eigenvalue weighted by Gasteiger charge is -2.26. The first-order valence-electron chi connectivity index (χ1n) is 10.5. The van der Waals surface area contributed by atoms with E-state index in [9.17, 15) is 4.39 Å². The van der Waals surface area contributed by atoms with Crippen LogP contribution in [-0.2, 0) is 0 Å². The number of ether oxygens (including phenoxy) is 1. The third-order valence-electron chi connectivity index (χ3n) is 4.44. The minimum Gasteiger partial charge on any atom is -0.490 e. The topological polar surface area (TPSA) is 41.5 Å². The second-order valence-electron chi connectivity index (χ2n) is 7.53. The van der Waals surface area contributed by atoms with Gasteiger partial charge in [-0.2, -0.15) is 0 Å². The zero-order valence-electron chi connectivity index (χ0n) is 17.3. The predicted octanol–water partition coefficient (Wildman–Crippen LogP) is 5.98. The van der Waals surface area contributed by atoms with Crippen molar-refractivity contribution >= 4 is 0 Å². The Morgan fingerprint density at radius 1 is 1.15 bits per heavy atom. The third-order valence-corrected chi connectivity index (χ3v) is 4.44. The van der Waals surface area contributed by atoms with Crippen LogP contribution in [-0.4, -0.2) is 23.4 Å². The predicted molar refractivity (Wildman–Crippen MR) is 111 cm³/mol. The molecule has 0 spiro atoms. The average molecular weight is 380 g/mol. The number of aliphatic hydroxyl groups excluding tert-OH is 1. The number of benzene rings is 1. The minimum atomic E-state index is -0.230. The quantitative estimate of drug-likeness (QED) is 0.661. The van der Waals surface area contributed by atoms with Crippen molar-refractivity contribution in [3.63, 3.8) is 0 Å². The largest absolute Gasteiger partial charge is 0.490 e. The van der Waals surface area contributed by atoms with Crippen molar-refractivity contribution < 1.29 is 14.2 Å². The van der Waals surface area contributed by atoms with Crippen molar-refractivity contribution in [2.24, 2.45) is 0 Å². The van der Waals surface area contributed by atoms with E-state index in [4.69, 9.17) is 9.84 Å². The molecule has 0 saturated heterocycles. The van der Waals surface area contributed by atoms with Crippen LogP contribution in [0.2, 0.25) is 0 Å². The highest BCUT2D eigenvalue weighted by Gasteiger charge is 2.18. The smallest absolute Gasteiger partial charge is 0.126 e. The molecule has 0 radical (unpaired) electrons. The first kappa shape index (κ1) is 23.5. The molecular weight excluding hydrogens is 341 g/mol. The molecule has 0 heterocycles.